The summed E-state index contributed by atoms with van der Waals surface area (Å²) in [6, 6.07) is 3.17. The Labute approximate surface area is 141 Å². The quantitative estimate of drug-likeness (QED) is 0.884. The van der Waals surface area contributed by atoms with Crippen LogP contribution in [0.15, 0.2) is 18.3 Å². The van der Waals surface area contributed by atoms with E-state index in [4.69, 9.17) is 0 Å². The number of carbonyl (C=O) groups is 2. The summed E-state index contributed by atoms with van der Waals surface area (Å²) in [4.78, 5) is 32.9. The van der Waals surface area contributed by atoms with Crippen molar-refractivity contribution in [1.29, 1.82) is 0 Å². The van der Waals surface area contributed by atoms with Crippen molar-refractivity contribution in [2.75, 3.05) is 30.6 Å². The standard InChI is InChI=1S/C16H24N4O2S/c1-5-11(2)18-15(21)13-9-23-10-20(13)16(22)12-6-7-17-14(8-12)19(3)4/h6-8,11,13H,5,9-10H2,1-4H3,(H,18,21)/t11-,13-/m0/s1. The minimum absolute atomic E-state index is 0.0698. The van der Waals surface area contributed by atoms with E-state index in [9.17, 15) is 9.59 Å². The van der Waals surface area contributed by atoms with Gasteiger partial charge >= 0.3 is 0 Å². The molecule has 0 bridgehead atoms. The molecule has 2 atom stereocenters. The lowest BCUT2D eigenvalue weighted by molar-refractivity contribution is -0.125. The molecule has 1 N–H and O–H groups in total. The topological polar surface area (TPSA) is 65.5 Å². The Balaban J connectivity index is 2.14. The van der Waals surface area contributed by atoms with Crippen LogP contribution in [0.4, 0.5) is 5.82 Å². The van der Waals surface area contributed by atoms with Gasteiger partial charge in [0, 0.05) is 37.7 Å². The second-order valence-electron chi connectivity index (χ2n) is 5.91. The molecule has 2 rings (SSSR count). The van der Waals surface area contributed by atoms with Crippen LogP contribution in [-0.4, -0.2) is 59.5 Å². The Hall–Kier alpha value is -1.76. The number of aromatic nitrogens is 1. The summed E-state index contributed by atoms with van der Waals surface area (Å²) in [7, 11) is 3.76. The Morgan fingerprint density at radius 2 is 2.26 bits per heavy atom. The molecule has 0 aliphatic carbocycles. The van der Waals surface area contributed by atoms with Gasteiger partial charge in [0.15, 0.2) is 0 Å². The highest BCUT2D eigenvalue weighted by molar-refractivity contribution is 7.99. The van der Waals surface area contributed by atoms with Crippen LogP contribution in [0.25, 0.3) is 0 Å². The number of thioether (sulfide) groups is 1. The van der Waals surface area contributed by atoms with Gasteiger partial charge in [-0.15, -0.1) is 11.8 Å². The van der Waals surface area contributed by atoms with Gasteiger partial charge in [-0.1, -0.05) is 6.92 Å². The van der Waals surface area contributed by atoms with E-state index < -0.39 is 6.04 Å². The molecule has 126 valence electrons. The van der Waals surface area contributed by atoms with Crippen LogP contribution in [0.5, 0.6) is 0 Å². The lowest BCUT2D eigenvalue weighted by Gasteiger charge is -2.25. The Morgan fingerprint density at radius 3 is 2.91 bits per heavy atom. The number of hydrogen-bond acceptors (Lipinski definition) is 5. The number of nitrogens with zero attached hydrogens (tertiary/aromatic N) is 3. The Morgan fingerprint density at radius 1 is 1.52 bits per heavy atom. The zero-order valence-electron chi connectivity index (χ0n) is 14.1. The molecular formula is C16H24N4O2S. The molecule has 2 heterocycles. The highest BCUT2D eigenvalue weighted by Gasteiger charge is 2.35. The maximum absolute atomic E-state index is 12.8. The van der Waals surface area contributed by atoms with E-state index in [1.54, 1.807) is 35.0 Å². The molecule has 0 spiro atoms. The van der Waals surface area contributed by atoms with Gasteiger partial charge in [-0.25, -0.2) is 4.98 Å². The van der Waals surface area contributed by atoms with Crippen LogP contribution < -0.4 is 10.2 Å². The molecular weight excluding hydrogens is 312 g/mol. The van der Waals surface area contributed by atoms with Crippen LogP contribution in [-0.2, 0) is 4.79 Å². The number of hydrogen-bond donors (Lipinski definition) is 1. The summed E-state index contributed by atoms with van der Waals surface area (Å²) < 4.78 is 0. The zero-order chi connectivity index (χ0) is 17.0. The minimum Gasteiger partial charge on any atom is -0.363 e. The van der Waals surface area contributed by atoms with Crippen molar-refractivity contribution < 1.29 is 9.59 Å². The molecule has 0 aromatic carbocycles. The van der Waals surface area contributed by atoms with Crippen molar-refractivity contribution in [3.05, 3.63) is 23.9 Å². The van der Waals surface area contributed by atoms with E-state index >= 15 is 0 Å². The molecule has 1 fully saturated rings. The lowest BCUT2D eigenvalue weighted by atomic mass is 10.1. The molecule has 1 aromatic heterocycles. The largest absolute Gasteiger partial charge is 0.363 e. The van der Waals surface area contributed by atoms with Crippen molar-refractivity contribution in [3.63, 3.8) is 0 Å². The molecule has 0 unspecified atom stereocenters. The monoisotopic (exact) mass is 336 g/mol. The molecule has 6 nitrogen and oxygen atoms in total. The second-order valence-corrected chi connectivity index (χ2v) is 6.91. The Bertz CT molecular complexity index is 579. The molecule has 0 radical (unpaired) electrons. The van der Waals surface area contributed by atoms with Crippen LogP contribution in [0.2, 0.25) is 0 Å². The van der Waals surface area contributed by atoms with Gasteiger partial charge in [-0.2, -0.15) is 0 Å². The first-order chi connectivity index (χ1) is 10.9. The highest BCUT2D eigenvalue weighted by Crippen LogP contribution is 2.24. The summed E-state index contributed by atoms with van der Waals surface area (Å²) in [6.45, 7) is 4.00. The number of rotatable bonds is 5. The van der Waals surface area contributed by atoms with Crippen LogP contribution >= 0.6 is 11.8 Å². The van der Waals surface area contributed by atoms with Gasteiger partial charge in [-0.3, -0.25) is 9.59 Å². The highest BCUT2D eigenvalue weighted by atomic mass is 32.2. The maximum atomic E-state index is 12.8. The third-order valence-corrected chi connectivity index (χ3v) is 4.91. The van der Waals surface area contributed by atoms with E-state index in [1.165, 1.54) is 0 Å². The van der Waals surface area contributed by atoms with Gasteiger partial charge in [0.1, 0.15) is 11.9 Å². The number of anilines is 1. The van der Waals surface area contributed by atoms with Crippen LogP contribution in [0.1, 0.15) is 30.6 Å². The summed E-state index contributed by atoms with van der Waals surface area (Å²) in [5.74, 6) is 1.71. The summed E-state index contributed by atoms with van der Waals surface area (Å²) in [5.41, 5.74) is 0.563. The van der Waals surface area contributed by atoms with Crippen LogP contribution in [0.3, 0.4) is 0 Å². The predicted molar refractivity (Wildman–Crippen MR) is 93.7 cm³/mol. The van der Waals surface area contributed by atoms with Crippen molar-refractivity contribution >= 4 is 29.4 Å². The van der Waals surface area contributed by atoms with Gasteiger partial charge in [-0.05, 0) is 25.5 Å². The zero-order valence-corrected chi connectivity index (χ0v) is 14.9. The normalized spacial score (nSPS) is 18.6. The van der Waals surface area contributed by atoms with Gasteiger partial charge in [0.2, 0.25) is 5.91 Å². The number of carbonyl (C=O) groups excluding carboxylic acids is 2. The van der Waals surface area contributed by atoms with E-state index in [2.05, 4.69) is 10.3 Å². The molecule has 1 saturated heterocycles. The smallest absolute Gasteiger partial charge is 0.255 e. The molecule has 1 aliphatic heterocycles. The first-order valence-electron chi connectivity index (χ1n) is 7.76. The fraction of sp³-hybridized carbons (Fsp3) is 0.562. The van der Waals surface area contributed by atoms with Crippen molar-refractivity contribution in [1.82, 2.24) is 15.2 Å². The third kappa shape index (κ3) is 4.16. The molecule has 7 heteroatoms. The Kier molecular flexibility index (Phi) is 5.87. The fourth-order valence-corrected chi connectivity index (χ4v) is 3.42. The third-order valence-electron chi connectivity index (χ3n) is 3.90. The SMILES string of the molecule is CC[C@H](C)NC(=O)[C@@H]1CSCN1C(=O)c1ccnc(N(C)C)c1. The van der Waals surface area contributed by atoms with E-state index in [0.717, 1.165) is 12.2 Å². The van der Waals surface area contributed by atoms with Gasteiger partial charge < -0.3 is 15.1 Å². The average molecular weight is 336 g/mol. The first kappa shape index (κ1) is 17.6. The second kappa shape index (κ2) is 7.68. The van der Waals surface area contributed by atoms with Gasteiger partial charge in [0.05, 0.1) is 5.88 Å². The number of nitrogens with one attached hydrogen (secondary N) is 1. The molecule has 2 amide bonds. The van der Waals surface area contributed by atoms with Crippen molar-refractivity contribution in [3.8, 4) is 0 Å². The fourth-order valence-electron chi connectivity index (χ4n) is 2.26. The van der Waals surface area contributed by atoms with E-state index in [1.807, 2.05) is 32.8 Å². The van der Waals surface area contributed by atoms with Crippen molar-refractivity contribution in [2.24, 2.45) is 0 Å². The maximum Gasteiger partial charge on any atom is 0.255 e. The number of pyridine rings is 1. The number of amides is 2. The molecule has 1 aromatic rings. The van der Waals surface area contributed by atoms with Gasteiger partial charge in [0.25, 0.3) is 5.91 Å². The van der Waals surface area contributed by atoms with E-state index in [0.29, 0.717) is 17.2 Å². The predicted octanol–water partition coefficient (Wildman–Crippen LogP) is 1.58. The first-order valence-corrected chi connectivity index (χ1v) is 8.92. The van der Waals surface area contributed by atoms with Crippen LogP contribution in [0, 0.1) is 0 Å². The molecule has 1 aliphatic rings. The minimum atomic E-state index is -0.405. The summed E-state index contributed by atoms with van der Waals surface area (Å²) in [6.07, 6.45) is 2.50. The average Bonchev–Trinajstić information content (AvgIpc) is 3.03. The van der Waals surface area contributed by atoms with Crippen molar-refractivity contribution in [2.45, 2.75) is 32.4 Å². The summed E-state index contributed by atoms with van der Waals surface area (Å²) in [5, 5.41) is 2.97. The van der Waals surface area contributed by atoms with E-state index in [-0.39, 0.29) is 17.9 Å². The lowest BCUT2D eigenvalue weighted by Crippen LogP contribution is -2.49. The summed E-state index contributed by atoms with van der Waals surface area (Å²) >= 11 is 1.61. The molecule has 23 heavy (non-hydrogen) atoms. The molecule has 0 saturated carbocycles.